The molecule has 1 atom stereocenters. The molecule has 0 aliphatic heterocycles. The van der Waals surface area contributed by atoms with Gasteiger partial charge in [0.15, 0.2) is 5.60 Å². The lowest BCUT2D eigenvalue weighted by Gasteiger charge is -2.24. The van der Waals surface area contributed by atoms with E-state index in [4.69, 9.17) is 5.11 Å². The van der Waals surface area contributed by atoms with Gasteiger partial charge in [-0.25, -0.2) is 19.7 Å². The molecule has 0 radical (unpaired) electrons. The van der Waals surface area contributed by atoms with Gasteiger partial charge < -0.3 is 20.6 Å². The number of carbonyl (C=O) groups is 1. The second-order valence-electron chi connectivity index (χ2n) is 7.91. The van der Waals surface area contributed by atoms with Crippen LogP contribution >= 0.6 is 11.3 Å². The summed E-state index contributed by atoms with van der Waals surface area (Å²) in [4.78, 5) is 23.4. The lowest BCUT2D eigenvalue weighted by atomic mass is 9.94. The predicted octanol–water partition coefficient (Wildman–Crippen LogP) is 4.60. The molecule has 0 saturated heterocycles. The Labute approximate surface area is 206 Å². The Hall–Kier alpha value is -3.87. The van der Waals surface area contributed by atoms with Gasteiger partial charge in [-0.15, -0.1) is 11.3 Å². The van der Waals surface area contributed by atoms with Crippen LogP contribution in [0.15, 0.2) is 60.9 Å². The van der Waals surface area contributed by atoms with E-state index in [0.717, 1.165) is 29.2 Å². The molecular weight excluding hydrogens is 497 g/mol. The molecule has 0 bridgehead atoms. The third-order valence-electron chi connectivity index (χ3n) is 5.26. The molecule has 0 aliphatic carbocycles. The van der Waals surface area contributed by atoms with E-state index in [2.05, 4.69) is 20.3 Å². The molecule has 4 N–H and O–H groups in total. The number of aliphatic hydroxyl groups excluding tert-OH is 1. The fourth-order valence-corrected chi connectivity index (χ4v) is 4.48. The maximum Gasteiger partial charge on any atom is 0.433 e. The molecule has 0 aliphatic rings. The van der Waals surface area contributed by atoms with E-state index in [9.17, 15) is 28.2 Å². The highest BCUT2D eigenvalue weighted by atomic mass is 32.1. The van der Waals surface area contributed by atoms with Crippen molar-refractivity contribution in [2.75, 3.05) is 11.9 Å². The summed E-state index contributed by atoms with van der Waals surface area (Å²) in [5, 5.41) is 33.2. The Morgan fingerprint density at radius 1 is 1.08 bits per heavy atom. The van der Waals surface area contributed by atoms with E-state index < -0.39 is 30.0 Å². The van der Waals surface area contributed by atoms with Gasteiger partial charge in [0.1, 0.15) is 10.7 Å². The van der Waals surface area contributed by atoms with Crippen molar-refractivity contribution in [3.63, 3.8) is 0 Å². The van der Waals surface area contributed by atoms with Crippen molar-refractivity contribution in [1.82, 2.24) is 15.0 Å². The molecule has 2 aromatic carbocycles. The van der Waals surface area contributed by atoms with Crippen LogP contribution in [0.1, 0.15) is 32.2 Å². The Bertz CT molecular complexity index is 1410. The van der Waals surface area contributed by atoms with Gasteiger partial charge in [0, 0.05) is 18.1 Å². The van der Waals surface area contributed by atoms with Gasteiger partial charge in [0.2, 0.25) is 5.95 Å². The Balaban J connectivity index is 1.64. The number of nitrogens with zero attached hydrogens (tertiary/aromatic N) is 3. The van der Waals surface area contributed by atoms with Crippen molar-refractivity contribution in [1.29, 1.82) is 0 Å². The summed E-state index contributed by atoms with van der Waals surface area (Å²) in [6.07, 6.45) is -2.08. The minimum absolute atomic E-state index is 0.0309. The average molecular weight is 517 g/mol. The highest BCUT2D eigenvalue weighted by molar-refractivity contribution is 7.15. The number of carboxylic acid groups (broad SMARTS) is 1. The van der Waals surface area contributed by atoms with Crippen LogP contribution in [0.5, 0.6) is 0 Å². The first-order valence-corrected chi connectivity index (χ1v) is 11.2. The van der Waals surface area contributed by atoms with Gasteiger partial charge in [0.25, 0.3) is 0 Å². The number of thiazole rings is 1. The SMILES string of the molecule is Cc1cc(Nc2nccc(C(F)(F)F)n2)cc(-c2cnc(C(O)(CO)c3ccc(C(=O)O)cc3)s2)c1. The number of hydrogen-bond acceptors (Lipinski definition) is 8. The lowest BCUT2D eigenvalue weighted by Crippen LogP contribution is -2.31. The van der Waals surface area contributed by atoms with Crippen LogP contribution in [0, 0.1) is 6.92 Å². The zero-order valence-corrected chi connectivity index (χ0v) is 19.4. The molecule has 8 nitrogen and oxygen atoms in total. The fourth-order valence-electron chi connectivity index (χ4n) is 3.47. The first-order chi connectivity index (χ1) is 17.0. The minimum Gasteiger partial charge on any atom is -0.478 e. The van der Waals surface area contributed by atoms with Gasteiger partial charge in [0.05, 0.1) is 17.0 Å². The van der Waals surface area contributed by atoms with Gasteiger partial charge in [-0.3, -0.25) is 0 Å². The number of carboxylic acids is 1. The summed E-state index contributed by atoms with van der Waals surface area (Å²) in [5.41, 5.74) is -0.738. The van der Waals surface area contributed by atoms with E-state index in [0.29, 0.717) is 16.1 Å². The second-order valence-corrected chi connectivity index (χ2v) is 8.94. The van der Waals surface area contributed by atoms with Crippen LogP contribution in [0.25, 0.3) is 10.4 Å². The number of benzene rings is 2. The first-order valence-electron chi connectivity index (χ1n) is 10.4. The van der Waals surface area contributed by atoms with Crippen LogP contribution < -0.4 is 5.32 Å². The van der Waals surface area contributed by atoms with Gasteiger partial charge >= 0.3 is 12.1 Å². The maximum atomic E-state index is 13.0. The fraction of sp³-hybridized carbons (Fsp3) is 0.167. The maximum absolute atomic E-state index is 13.0. The third-order valence-corrected chi connectivity index (χ3v) is 6.46. The molecule has 186 valence electrons. The van der Waals surface area contributed by atoms with Crippen molar-refractivity contribution in [3.8, 4) is 10.4 Å². The van der Waals surface area contributed by atoms with Crippen LogP contribution in [-0.4, -0.2) is 42.8 Å². The number of halogens is 3. The summed E-state index contributed by atoms with van der Waals surface area (Å²) < 4.78 is 38.9. The zero-order valence-electron chi connectivity index (χ0n) is 18.6. The van der Waals surface area contributed by atoms with Crippen molar-refractivity contribution < 1.29 is 33.3 Å². The highest BCUT2D eigenvalue weighted by Gasteiger charge is 2.35. The second kappa shape index (κ2) is 9.64. The molecule has 0 amide bonds. The molecular formula is C24H19F3N4O4S. The molecule has 0 fully saturated rings. The molecule has 2 heterocycles. The number of alkyl halides is 3. The molecule has 1 unspecified atom stereocenters. The van der Waals surface area contributed by atoms with Crippen molar-refractivity contribution in [2.24, 2.45) is 0 Å². The number of rotatable bonds is 7. The molecule has 0 spiro atoms. The van der Waals surface area contributed by atoms with E-state index >= 15 is 0 Å². The van der Waals surface area contributed by atoms with E-state index in [1.807, 2.05) is 6.07 Å². The third kappa shape index (κ3) is 5.20. The summed E-state index contributed by atoms with van der Waals surface area (Å²) in [7, 11) is 0. The van der Waals surface area contributed by atoms with E-state index in [1.54, 1.807) is 19.1 Å². The molecule has 4 rings (SSSR count). The van der Waals surface area contributed by atoms with E-state index in [-0.39, 0.29) is 22.1 Å². The number of aliphatic hydroxyl groups is 2. The van der Waals surface area contributed by atoms with Crippen molar-refractivity contribution in [2.45, 2.75) is 18.7 Å². The quantitative estimate of drug-likeness (QED) is 0.281. The van der Waals surface area contributed by atoms with Crippen LogP contribution in [-0.2, 0) is 11.8 Å². The zero-order chi connectivity index (χ0) is 26.1. The van der Waals surface area contributed by atoms with E-state index in [1.165, 1.54) is 30.5 Å². The Morgan fingerprint density at radius 3 is 2.44 bits per heavy atom. The average Bonchev–Trinajstić information content (AvgIpc) is 3.34. The van der Waals surface area contributed by atoms with Crippen LogP contribution in [0.4, 0.5) is 24.8 Å². The van der Waals surface area contributed by atoms with Crippen molar-refractivity contribution in [3.05, 3.63) is 88.3 Å². The Morgan fingerprint density at radius 2 is 1.81 bits per heavy atom. The first kappa shape index (κ1) is 25.2. The van der Waals surface area contributed by atoms with Gasteiger partial charge in [-0.2, -0.15) is 13.2 Å². The standard InChI is InChI=1S/C24H19F3N4O4S/c1-13-8-15(10-17(9-13)30-22-28-7-6-19(31-22)24(25,26)27)18-11-29-21(36-18)23(35,12-32)16-4-2-14(3-5-16)20(33)34/h2-11,32,35H,12H2,1H3,(H,33,34)(H,28,30,31). The van der Waals surface area contributed by atoms with Crippen molar-refractivity contribution >= 4 is 28.9 Å². The predicted molar refractivity (Wildman–Crippen MR) is 126 cm³/mol. The number of aromatic nitrogens is 3. The van der Waals surface area contributed by atoms with Gasteiger partial charge in [-0.05, 0) is 53.9 Å². The monoisotopic (exact) mass is 516 g/mol. The molecule has 36 heavy (non-hydrogen) atoms. The summed E-state index contributed by atoms with van der Waals surface area (Å²) in [6.45, 7) is 1.11. The molecule has 0 saturated carbocycles. The number of aromatic carboxylic acids is 1. The number of anilines is 2. The minimum atomic E-state index is -4.60. The molecule has 12 heteroatoms. The summed E-state index contributed by atoms with van der Waals surface area (Å²) >= 11 is 1.11. The Kier molecular flexibility index (Phi) is 6.76. The topological polar surface area (TPSA) is 128 Å². The number of hydrogen-bond donors (Lipinski definition) is 4. The smallest absolute Gasteiger partial charge is 0.433 e. The molecule has 2 aromatic heterocycles. The van der Waals surface area contributed by atoms with Crippen LogP contribution in [0.2, 0.25) is 0 Å². The largest absolute Gasteiger partial charge is 0.478 e. The van der Waals surface area contributed by atoms with Crippen LogP contribution in [0.3, 0.4) is 0 Å². The number of aryl methyl sites for hydroxylation is 1. The normalized spacial score (nSPS) is 13.3. The summed E-state index contributed by atoms with van der Waals surface area (Å²) in [5.74, 6) is -1.34. The highest BCUT2D eigenvalue weighted by Crippen LogP contribution is 2.37. The lowest BCUT2D eigenvalue weighted by molar-refractivity contribution is -0.141. The van der Waals surface area contributed by atoms with Gasteiger partial charge in [-0.1, -0.05) is 18.2 Å². The summed E-state index contributed by atoms with van der Waals surface area (Å²) in [6, 6.07) is 11.5. The number of nitrogens with one attached hydrogen (secondary N) is 1. The molecule has 4 aromatic rings.